The maximum absolute atomic E-state index is 12.0. The van der Waals surface area contributed by atoms with E-state index in [0.29, 0.717) is 52.2 Å². The van der Waals surface area contributed by atoms with Gasteiger partial charge in [0.1, 0.15) is 5.40 Å². The van der Waals surface area contributed by atoms with Crippen molar-refractivity contribution in [1.82, 2.24) is 19.6 Å². The first-order valence-electron chi connectivity index (χ1n) is 12.2. The molecule has 0 spiro atoms. The van der Waals surface area contributed by atoms with Crippen LogP contribution in [0.5, 0.6) is 0 Å². The third kappa shape index (κ3) is 11.9. The van der Waals surface area contributed by atoms with E-state index in [9.17, 15) is 19.2 Å². The molecule has 1 saturated heterocycles. The van der Waals surface area contributed by atoms with Crippen LogP contribution in [0.1, 0.15) is 5.56 Å². The number of primary amides is 4. The summed E-state index contributed by atoms with van der Waals surface area (Å²) in [7, 11) is 0. The van der Waals surface area contributed by atoms with E-state index >= 15 is 0 Å². The Bertz CT molecular complexity index is 1000. The molecule has 14 heteroatoms. The highest BCUT2D eigenvalue weighted by Gasteiger charge is 2.26. The lowest BCUT2D eigenvalue weighted by Gasteiger charge is -2.38. The average Bonchev–Trinajstić information content (AvgIpc) is 2.82. The van der Waals surface area contributed by atoms with Crippen molar-refractivity contribution in [3.63, 3.8) is 0 Å². The van der Waals surface area contributed by atoms with Crippen molar-refractivity contribution in [2.45, 2.75) is 17.4 Å². The smallest absolute Gasteiger partial charge is 0.231 e. The van der Waals surface area contributed by atoms with Crippen molar-refractivity contribution in [3.8, 4) is 5.40 Å². The Hall–Kier alpha value is -3.22. The first-order valence-corrected chi connectivity index (χ1v) is 13.1. The van der Waals surface area contributed by atoms with E-state index in [1.54, 1.807) is 0 Å². The zero-order chi connectivity index (χ0) is 28.1. The maximum atomic E-state index is 12.0. The number of benzene rings is 1. The molecular formula is C24H37N9O4S. The topological polar surface area (TPSA) is 209 Å². The number of carbonyl (C=O) groups is 4. The molecule has 1 heterocycles. The summed E-state index contributed by atoms with van der Waals surface area (Å²) in [6.45, 7) is 3.00. The highest BCUT2D eigenvalue weighted by atomic mass is 32.2. The van der Waals surface area contributed by atoms with Gasteiger partial charge in [0.2, 0.25) is 23.6 Å². The molecule has 0 aromatic heterocycles. The lowest BCUT2D eigenvalue weighted by molar-refractivity contribution is -0.122. The third-order valence-electron chi connectivity index (χ3n) is 6.21. The minimum atomic E-state index is -0.501. The molecule has 0 saturated carbocycles. The van der Waals surface area contributed by atoms with Crippen molar-refractivity contribution in [1.29, 1.82) is 5.26 Å². The molecule has 1 aromatic rings. The van der Waals surface area contributed by atoms with Gasteiger partial charge in [0.15, 0.2) is 0 Å². The number of hydrogen-bond donors (Lipinski definition) is 4. The predicted octanol–water partition coefficient (Wildman–Crippen LogP) is -2.67. The maximum Gasteiger partial charge on any atom is 0.231 e. The Labute approximate surface area is 227 Å². The molecule has 8 N–H and O–H groups in total. The Morgan fingerprint density at radius 2 is 1.18 bits per heavy atom. The van der Waals surface area contributed by atoms with E-state index < -0.39 is 23.6 Å². The van der Waals surface area contributed by atoms with E-state index in [1.807, 2.05) is 49.3 Å². The molecule has 0 aliphatic carbocycles. The number of rotatable bonds is 11. The number of carbonyl (C=O) groups excluding carboxylic acids is 4. The van der Waals surface area contributed by atoms with E-state index in [1.165, 1.54) is 0 Å². The molecule has 1 aromatic carbocycles. The summed E-state index contributed by atoms with van der Waals surface area (Å²) >= 11 is 1.06. The number of nitrogens with zero attached hydrogens (tertiary/aromatic N) is 5. The van der Waals surface area contributed by atoms with Crippen LogP contribution >= 0.6 is 11.8 Å². The lowest BCUT2D eigenvalue weighted by Crippen LogP contribution is -2.54. The standard InChI is InChI=1S/C24H37N9O4S/c25-17-38-20-3-1-18(2-4-20)11-19-12-32(15-23(28)36)8-7-30(13-21(26)34)5-6-31(14-22(27)35)9-10-33(19)16-24(29)37/h1-4,19H,5-16H2,(H2,26,34)(H2,27,35)(H2,28,36)(H2,29,37). The molecule has 208 valence electrons. The number of nitriles is 1. The summed E-state index contributed by atoms with van der Waals surface area (Å²) in [6, 6.07) is 7.31. The van der Waals surface area contributed by atoms with Crippen molar-refractivity contribution in [2.24, 2.45) is 22.9 Å². The molecule has 0 radical (unpaired) electrons. The van der Waals surface area contributed by atoms with Crippen LogP contribution in [0.3, 0.4) is 0 Å². The van der Waals surface area contributed by atoms with Crippen LogP contribution in [0.4, 0.5) is 0 Å². The molecule has 1 atom stereocenters. The largest absolute Gasteiger partial charge is 0.369 e. The Morgan fingerprint density at radius 3 is 1.66 bits per heavy atom. The van der Waals surface area contributed by atoms with Gasteiger partial charge in [-0.3, -0.25) is 38.8 Å². The summed E-state index contributed by atoms with van der Waals surface area (Å²) in [5.41, 5.74) is 23.0. The van der Waals surface area contributed by atoms with Crippen molar-refractivity contribution >= 4 is 35.4 Å². The monoisotopic (exact) mass is 547 g/mol. The van der Waals surface area contributed by atoms with Gasteiger partial charge in [-0.05, 0) is 35.9 Å². The highest BCUT2D eigenvalue weighted by molar-refractivity contribution is 8.03. The molecule has 1 aliphatic heterocycles. The second-order valence-corrected chi connectivity index (χ2v) is 10.2. The SMILES string of the molecule is N#CSc1ccc(CC2CN(CC(N)=O)CCN(CC(N)=O)CCN(CC(N)=O)CCN2CC(N)=O)cc1. The number of thiocyanates is 1. The van der Waals surface area contributed by atoms with Gasteiger partial charge in [0, 0.05) is 56.8 Å². The van der Waals surface area contributed by atoms with Crippen LogP contribution in [0, 0.1) is 10.7 Å². The van der Waals surface area contributed by atoms with E-state index in [0.717, 1.165) is 22.2 Å². The summed E-state index contributed by atoms with van der Waals surface area (Å²) in [5.74, 6) is -1.97. The number of nitrogens with two attached hydrogens (primary N) is 4. The summed E-state index contributed by atoms with van der Waals surface area (Å²) in [6.07, 6.45) is 0.529. The van der Waals surface area contributed by atoms with Crippen LogP contribution in [0.25, 0.3) is 0 Å². The molecule has 38 heavy (non-hydrogen) atoms. The van der Waals surface area contributed by atoms with Gasteiger partial charge >= 0.3 is 0 Å². The second-order valence-electron chi connectivity index (χ2n) is 9.32. The molecule has 4 amide bonds. The zero-order valence-electron chi connectivity index (χ0n) is 21.5. The van der Waals surface area contributed by atoms with Gasteiger partial charge in [-0.2, -0.15) is 5.26 Å². The van der Waals surface area contributed by atoms with Gasteiger partial charge in [0.05, 0.1) is 26.2 Å². The van der Waals surface area contributed by atoms with Crippen LogP contribution < -0.4 is 22.9 Å². The normalized spacial score (nSPS) is 19.1. The van der Waals surface area contributed by atoms with Gasteiger partial charge in [0.25, 0.3) is 0 Å². The second kappa shape index (κ2) is 15.9. The predicted molar refractivity (Wildman–Crippen MR) is 143 cm³/mol. The number of thioether (sulfide) groups is 1. The van der Waals surface area contributed by atoms with Crippen LogP contribution in [0.15, 0.2) is 29.2 Å². The molecular weight excluding hydrogens is 510 g/mol. The average molecular weight is 548 g/mol. The first-order chi connectivity index (χ1) is 18.0. The van der Waals surface area contributed by atoms with Crippen molar-refractivity contribution in [3.05, 3.63) is 29.8 Å². The fraction of sp³-hybridized carbons (Fsp3) is 0.542. The number of hydrogen-bond acceptors (Lipinski definition) is 10. The Kier molecular flexibility index (Phi) is 13.0. The Balaban J connectivity index is 2.39. The molecule has 1 aliphatic rings. The minimum Gasteiger partial charge on any atom is -0.369 e. The fourth-order valence-electron chi connectivity index (χ4n) is 4.49. The van der Waals surface area contributed by atoms with E-state index in [-0.39, 0.29) is 32.2 Å². The number of amides is 4. The fourth-order valence-corrected chi connectivity index (χ4v) is 4.87. The summed E-state index contributed by atoms with van der Waals surface area (Å²) in [4.78, 5) is 55.7. The molecule has 1 unspecified atom stereocenters. The van der Waals surface area contributed by atoms with Crippen LogP contribution in [0.2, 0.25) is 0 Å². The van der Waals surface area contributed by atoms with Gasteiger partial charge in [-0.15, -0.1) is 0 Å². The van der Waals surface area contributed by atoms with Gasteiger partial charge in [-0.25, -0.2) is 0 Å². The zero-order valence-corrected chi connectivity index (χ0v) is 22.3. The van der Waals surface area contributed by atoms with E-state index in [4.69, 9.17) is 28.2 Å². The minimum absolute atomic E-state index is 0.00310. The molecule has 1 fully saturated rings. The van der Waals surface area contributed by atoms with Crippen LogP contribution in [-0.4, -0.2) is 121 Å². The first kappa shape index (κ1) is 31.0. The molecule has 13 nitrogen and oxygen atoms in total. The lowest BCUT2D eigenvalue weighted by atomic mass is 10.0. The van der Waals surface area contributed by atoms with Crippen LogP contribution in [-0.2, 0) is 25.6 Å². The Morgan fingerprint density at radius 1 is 0.737 bits per heavy atom. The third-order valence-corrected chi connectivity index (χ3v) is 6.81. The van der Waals surface area contributed by atoms with Gasteiger partial charge < -0.3 is 22.9 Å². The quantitative estimate of drug-likeness (QED) is 0.167. The van der Waals surface area contributed by atoms with Crippen molar-refractivity contribution in [2.75, 3.05) is 72.0 Å². The summed E-state index contributed by atoms with van der Waals surface area (Å²) in [5, 5.41) is 11.0. The van der Waals surface area contributed by atoms with Gasteiger partial charge in [-0.1, -0.05) is 12.1 Å². The highest BCUT2D eigenvalue weighted by Crippen LogP contribution is 2.19. The van der Waals surface area contributed by atoms with E-state index in [2.05, 4.69) is 0 Å². The summed E-state index contributed by atoms with van der Waals surface area (Å²) < 4.78 is 0. The van der Waals surface area contributed by atoms with Crippen molar-refractivity contribution < 1.29 is 19.2 Å². The molecule has 2 rings (SSSR count). The molecule has 0 bridgehead atoms.